The quantitative estimate of drug-likeness (QED) is 0.347. The zero-order chi connectivity index (χ0) is 25.8. The molecule has 0 aromatic heterocycles. The molecule has 0 spiro atoms. The molecule has 0 aliphatic rings. The summed E-state index contributed by atoms with van der Waals surface area (Å²) < 4.78 is 16.0. The number of carboxylic acid groups (broad SMARTS) is 1. The summed E-state index contributed by atoms with van der Waals surface area (Å²) in [5.74, 6) is 0.577. The molecule has 2 aromatic rings. The number of amides is 1. The second-order valence-corrected chi connectivity index (χ2v) is 8.61. The lowest BCUT2D eigenvalue weighted by Gasteiger charge is -2.29. The minimum absolute atomic E-state index is 0.0935. The third-order valence-corrected chi connectivity index (χ3v) is 6.02. The maximum Gasteiger partial charge on any atom is 0.303 e. The maximum atomic E-state index is 12.5. The molecular formula is C26H35ClN2O6. The lowest BCUT2D eigenvalue weighted by molar-refractivity contribution is -0.137. The molecule has 0 heterocycles. The van der Waals surface area contributed by atoms with Crippen LogP contribution in [0.4, 0.5) is 0 Å². The molecule has 8 nitrogen and oxygen atoms in total. The Labute approximate surface area is 212 Å². The summed E-state index contributed by atoms with van der Waals surface area (Å²) in [7, 11) is 4.61. The van der Waals surface area contributed by atoms with E-state index in [9.17, 15) is 9.59 Å². The molecule has 0 bridgehead atoms. The van der Waals surface area contributed by atoms with Gasteiger partial charge in [-0.1, -0.05) is 23.7 Å². The topological polar surface area (TPSA) is 97.3 Å². The molecule has 0 aliphatic carbocycles. The Hall–Kier alpha value is -2.97. The zero-order valence-corrected chi connectivity index (χ0v) is 21.6. The van der Waals surface area contributed by atoms with E-state index in [1.807, 2.05) is 24.3 Å². The van der Waals surface area contributed by atoms with Crippen molar-refractivity contribution in [3.05, 3.63) is 52.5 Å². The number of ether oxygens (including phenoxy) is 3. The van der Waals surface area contributed by atoms with Gasteiger partial charge < -0.3 is 24.6 Å². The van der Waals surface area contributed by atoms with Crippen LogP contribution in [-0.4, -0.2) is 62.8 Å². The van der Waals surface area contributed by atoms with Gasteiger partial charge in [-0.2, -0.15) is 0 Å². The van der Waals surface area contributed by atoms with Crippen molar-refractivity contribution >= 4 is 23.5 Å². The van der Waals surface area contributed by atoms with Gasteiger partial charge in [0.15, 0.2) is 11.5 Å². The molecule has 35 heavy (non-hydrogen) atoms. The zero-order valence-electron chi connectivity index (χ0n) is 20.8. The number of nitrogens with zero attached hydrogens (tertiary/aromatic N) is 1. The minimum Gasteiger partial charge on any atom is -0.493 e. The SMILES string of the molecule is COc1cc(CC(=O)NCCCN(CCCC(=O)O)C(C)c2ccc(Cl)cc2)cc(OC)c1OC. The van der Waals surface area contributed by atoms with Gasteiger partial charge in [0, 0.05) is 30.6 Å². The van der Waals surface area contributed by atoms with Crippen molar-refractivity contribution in [2.75, 3.05) is 41.0 Å². The first-order chi connectivity index (χ1) is 16.8. The standard InChI is InChI=1S/C26H35ClN2O6/c1-18(20-8-10-21(27)11-9-20)29(13-5-7-25(31)32)14-6-12-28-24(30)17-19-15-22(33-2)26(35-4)23(16-19)34-3/h8-11,15-16,18H,5-7,12-14,17H2,1-4H3,(H,28,30)(H,31,32). The third-order valence-electron chi connectivity index (χ3n) is 5.77. The van der Waals surface area contributed by atoms with Crippen LogP contribution in [0.15, 0.2) is 36.4 Å². The van der Waals surface area contributed by atoms with Gasteiger partial charge in [0.2, 0.25) is 11.7 Å². The second kappa shape index (κ2) is 14.4. The van der Waals surface area contributed by atoms with Crippen LogP contribution in [0.25, 0.3) is 0 Å². The first-order valence-corrected chi connectivity index (χ1v) is 11.9. The summed E-state index contributed by atoms with van der Waals surface area (Å²) in [5, 5.41) is 12.6. The first kappa shape index (κ1) is 28.3. The molecule has 2 rings (SSSR count). The normalized spacial score (nSPS) is 11.7. The number of carbonyl (C=O) groups is 2. The number of halogens is 1. The molecule has 2 aromatic carbocycles. The predicted molar refractivity (Wildman–Crippen MR) is 136 cm³/mol. The summed E-state index contributed by atoms with van der Waals surface area (Å²) in [6, 6.07) is 11.3. The Morgan fingerprint density at radius 1 is 1.00 bits per heavy atom. The van der Waals surface area contributed by atoms with Crippen molar-refractivity contribution in [3.63, 3.8) is 0 Å². The number of aliphatic carboxylic acids is 1. The van der Waals surface area contributed by atoms with Gasteiger partial charge in [-0.15, -0.1) is 0 Å². The average Bonchev–Trinajstić information content (AvgIpc) is 2.84. The van der Waals surface area contributed by atoms with Crippen molar-refractivity contribution in [2.24, 2.45) is 0 Å². The summed E-state index contributed by atoms with van der Waals surface area (Å²) in [5.41, 5.74) is 1.86. The number of nitrogens with one attached hydrogen (secondary N) is 1. The van der Waals surface area contributed by atoms with Gasteiger partial charge in [0.25, 0.3) is 0 Å². The molecule has 1 atom stereocenters. The Bertz CT molecular complexity index is 942. The van der Waals surface area contributed by atoms with Crippen molar-refractivity contribution in [1.29, 1.82) is 0 Å². The van der Waals surface area contributed by atoms with Crippen LogP contribution in [0.2, 0.25) is 5.02 Å². The summed E-state index contributed by atoms with van der Waals surface area (Å²) in [4.78, 5) is 25.7. The van der Waals surface area contributed by atoms with E-state index >= 15 is 0 Å². The molecular weight excluding hydrogens is 472 g/mol. The maximum absolute atomic E-state index is 12.5. The van der Waals surface area contributed by atoms with Crippen LogP contribution in [0.5, 0.6) is 17.2 Å². The highest BCUT2D eigenvalue weighted by Gasteiger charge is 2.17. The largest absolute Gasteiger partial charge is 0.493 e. The fraction of sp³-hybridized carbons (Fsp3) is 0.462. The lowest BCUT2D eigenvalue weighted by Crippen LogP contribution is -2.33. The predicted octanol–water partition coefficient (Wildman–Crippen LogP) is 4.34. The summed E-state index contributed by atoms with van der Waals surface area (Å²) in [6.45, 7) is 3.96. The molecule has 9 heteroatoms. The summed E-state index contributed by atoms with van der Waals surface area (Å²) >= 11 is 6.01. The van der Waals surface area contributed by atoms with Crippen LogP contribution in [0.1, 0.15) is 43.4 Å². The Balaban J connectivity index is 1.92. The van der Waals surface area contributed by atoms with E-state index in [0.717, 1.165) is 17.5 Å². The first-order valence-electron chi connectivity index (χ1n) is 11.6. The monoisotopic (exact) mass is 506 g/mol. The molecule has 0 saturated carbocycles. The van der Waals surface area contributed by atoms with Crippen LogP contribution in [0.3, 0.4) is 0 Å². The third kappa shape index (κ3) is 8.96. The van der Waals surface area contributed by atoms with E-state index < -0.39 is 5.97 Å². The smallest absolute Gasteiger partial charge is 0.303 e. The van der Waals surface area contributed by atoms with E-state index in [1.165, 1.54) is 21.3 Å². The van der Waals surface area contributed by atoms with E-state index in [0.29, 0.717) is 48.3 Å². The van der Waals surface area contributed by atoms with Gasteiger partial charge in [0.1, 0.15) is 0 Å². The highest BCUT2D eigenvalue weighted by atomic mass is 35.5. The van der Waals surface area contributed by atoms with Crippen molar-refractivity contribution in [1.82, 2.24) is 10.2 Å². The fourth-order valence-corrected chi connectivity index (χ4v) is 4.01. The van der Waals surface area contributed by atoms with E-state index in [4.69, 9.17) is 30.9 Å². The summed E-state index contributed by atoms with van der Waals surface area (Å²) in [6.07, 6.45) is 1.59. The highest BCUT2D eigenvalue weighted by molar-refractivity contribution is 6.30. The molecule has 1 unspecified atom stereocenters. The van der Waals surface area contributed by atoms with Crippen LogP contribution >= 0.6 is 11.6 Å². The number of benzene rings is 2. The number of hydrogen-bond acceptors (Lipinski definition) is 6. The van der Waals surface area contributed by atoms with Gasteiger partial charge >= 0.3 is 5.97 Å². The Kier molecular flexibility index (Phi) is 11.7. The van der Waals surface area contributed by atoms with Crippen molar-refractivity contribution in [2.45, 2.75) is 38.6 Å². The van der Waals surface area contributed by atoms with Crippen molar-refractivity contribution < 1.29 is 28.9 Å². The molecule has 192 valence electrons. The number of carboxylic acids is 1. The Morgan fingerprint density at radius 2 is 1.60 bits per heavy atom. The number of carbonyl (C=O) groups excluding carboxylic acids is 1. The molecule has 0 fully saturated rings. The van der Waals surface area contributed by atoms with Crippen molar-refractivity contribution in [3.8, 4) is 17.2 Å². The Morgan fingerprint density at radius 3 is 2.14 bits per heavy atom. The fourth-order valence-electron chi connectivity index (χ4n) is 3.88. The number of rotatable bonds is 15. The van der Waals surface area contributed by atoms with Crippen LogP contribution in [0, 0.1) is 0 Å². The van der Waals surface area contributed by atoms with Gasteiger partial charge in [-0.3, -0.25) is 14.5 Å². The van der Waals surface area contributed by atoms with E-state index in [-0.39, 0.29) is 24.8 Å². The molecule has 1 amide bonds. The van der Waals surface area contributed by atoms with Crippen LogP contribution < -0.4 is 19.5 Å². The minimum atomic E-state index is -0.803. The van der Waals surface area contributed by atoms with Crippen LogP contribution in [-0.2, 0) is 16.0 Å². The second-order valence-electron chi connectivity index (χ2n) is 8.17. The molecule has 0 radical (unpaired) electrons. The molecule has 2 N–H and O–H groups in total. The average molecular weight is 507 g/mol. The number of methoxy groups -OCH3 is 3. The number of hydrogen-bond donors (Lipinski definition) is 2. The molecule has 0 saturated heterocycles. The van der Waals surface area contributed by atoms with Gasteiger partial charge in [-0.05, 0) is 61.7 Å². The van der Waals surface area contributed by atoms with E-state index in [1.54, 1.807) is 12.1 Å². The highest BCUT2D eigenvalue weighted by Crippen LogP contribution is 2.38. The van der Waals surface area contributed by atoms with E-state index in [2.05, 4.69) is 17.1 Å². The lowest BCUT2D eigenvalue weighted by atomic mass is 10.1. The van der Waals surface area contributed by atoms with Gasteiger partial charge in [0.05, 0.1) is 27.8 Å². The van der Waals surface area contributed by atoms with Gasteiger partial charge in [-0.25, -0.2) is 0 Å². The molecule has 0 aliphatic heterocycles.